The molecule has 9 aromatic carbocycles. The molecular formula is C54H31NO3S. The summed E-state index contributed by atoms with van der Waals surface area (Å²) >= 11 is 1.83. The summed E-state index contributed by atoms with van der Waals surface area (Å²) in [5.41, 5.74) is 12.3. The molecule has 4 heterocycles. The van der Waals surface area contributed by atoms with Crippen LogP contribution in [0.5, 0.6) is 0 Å². The fourth-order valence-electron chi connectivity index (χ4n) is 9.25. The highest BCUT2D eigenvalue weighted by molar-refractivity contribution is 7.26. The molecule has 0 radical (unpaired) electrons. The van der Waals surface area contributed by atoms with Crippen LogP contribution in [0.3, 0.4) is 0 Å². The van der Waals surface area contributed by atoms with E-state index in [2.05, 4.69) is 175 Å². The van der Waals surface area contributed by atoms with Crippen LogP contribution in [0.2, 0.25) is 0 Å². The maximum Gasteiger partial charge on any atom is 0.159 e. The summed E-state index contributed by atoms with van der Waals surface area (Å²) < 4.78 is 23.3. The number of benzene rings is 9. The zero-order valence-corrected chi connectivity index (χ0v) is 32.3. The summed E-state index contributed by atoms with van der Waals surface area (Å²) in [5, 5.41) is 8.77. The average molecular weight is 774 g/mol. The lowest BCUT2D eigenvalue weighted by Gasteiger charge is -2.25. The molecule has 0 atom stereocenters. The number of para-hydroxylation sites is 4. The van der Waals surface area contributed by atoms with Crippen LogP contribution in [0.1, 0.15) is 0 Å². The number of nitrogens with zero attached hydrogens (tertiary/aromatic N) is 1. The molecule has 0 aliphatic heterocycles. The molecule has 5 heteroatoms. The molecule has 0 amide bonds. The Hall–Kier alpha value is -7.60. The van der Waals surface area contributed by atoms with Crippen molar-refractivity contribution < 1.29 is 13.3 Å². The molecular weight excluding hydrogens is 743 g/mol. The largest absolute Gasteiger partial charge is 0.456 e. The Morgan fingerprint density at radius 1 is 0.373 bits per heavy atom. The molecule has 0 saturated carbocycles. The van der Waals surface area contributed by atoms with Gasteiger partial charge in [0.1, 0.15) is 22.3 Å². The van der Waals surface area contributed by atoms with E-state index in [1.807, 2.05) is 29.5 Å². The van der Waals surface area contributed by atoms with Gasteiger partial charge in [-0.05, 0) is 59.7 Å². The second-order valence-electron chi connectivity index (χ2n) is 15.1. The van der Waals surface area contributed by atoms with Gasteiger partial charge in [0.15, 0.2) is 11.2 Å². The van der Waals surface area contributed by atoms with Crippen LogP contribution in [0.4, 0.5) is 17.1 Å². The van der Waals surface area contributed by atoms with Gasteiger partial charge < -0.3 is 18.2 Å². The van der Waals surface area contributed by atoms with Crippen LogP contribution in [0, 0.1) is 0 Å². The van der Waals surface area contributed by atoms with Crippen molar-refractivity contribution in [2.75, 3.05) is 4.90 Å². The third kappa shape index (κ3) is 4.77. The molecule has 0 aliphatic rings. The van der Waals surface area contributed by atoms with E-state index in [0.29, 0.717) is 0 Å². The predicted molar refractivity (Wildman–Crippen MR) is 247 cm³/mol. The summed E-state index contributed by atoms with van der Waals surface area (Å²) in [5.74, 6) is 0. The highest BCUT2D eigenvalue weighted by Crippen LogP contribution is 2.51. The predicted octanol–water partition coefficient (Wildman–Crippen LogP) is 16.6. The van der Waals surface area contributed by atoms with Gasteiger partial charge in [-0.25, -0.2) is 0 Å². The van der Waals surface area contributed by atoms with E-state index in [1.165, 1.54) is 25.7 Å². The highest BCUT2D eigenvalue weighted by Gasteiger charge is 2.27. The molecule has 0 N–H and O–H groups in total. The van der Waals surface area contributed by atoms with Crippen molar-refractivity contribution in [2.24, 2.45) is 0 Å². The second-order valence-corrected chi connectivity index (χ2v) is 16.2. The zero-order valence-electron chi connectivity index (χ0n) is 31.5. The van der Waals surface area contributed by atoms with Crippen LogP contribution in [-0.4, -0.2) is 0 Å². The van der Waals surface area contributed by atoms with E-state index in [0.717, 1.165) is 99.6 Å². The van der Waals surface area contributed by atoms with Gasteiger partial charge in [0.2, 0.25) is 0 Å². The fourth-order valence-corrected chi connectivity index (χ4v) is 10.5. The Morgan fingerprint density at radius 2 is 0.966 bits per heavy atom. The Kier molecular flexibility index (Phi) is 6.85. The Morgan fingerprint density at radius 3 is 1.76 bits per heavy atom. The molecule has 0 unspecified atom stereocenters. The van der Waals surface area contributed by atoms with Crippen LogP contribution >= 0.6 is 11.3 Å². The molecule has 59 heavy (non-hydrogen) atoms. The maximum absolute atomic E-state index is 7.40. The first kappa shape index (κ1) is 32.5. The lowest BCUT2D eigenvalue weighted by atomic mass is 9.95. The van der Waals surface area contributed by atoms with Gasteiger partial charge in [-0.15, -0.1) is 11.3 Å². The van der Waals surface area contributed by atoms with Gasteiger partial charge in [-0.3, -0.25) is 0 Å². The molecule has 0 bridgehead atoms. The van der Waals surface area contributed by atoms with Crippen molar-refractivity contribution in [3.63, 3.8) is 0 Å². The first-order chi connectivity index (χ1) is 29.3. The number of fused-ring (bicyclic) bond motifs is 12. The Labute approximate surface area is 341 Å². The quantitative estimate of drug-likeness (QED) is 0.175. The van der Waals surface area contributed by atoms with E-state index < -0.39 is 0 Å². The van der Waals surface area contributed by atoms with Crippen LogP contribution in [0.15, 0.2) is 201 Å². The fraction of sp³-hybridized carbons (Fsp3) is 0. The Bertz CT molecular complexity index is 3790. The summed E-state index contributed by atoms with van der Waals surface area (Å²) in [6.07, 6.45) is 0. The molecule has 0 aliphatic carbocycles. The van der Waals surface area contributed by atoms with Crippen LogP contribution in [-0.2, 0) is 0 Å². The highest BCUT2D eigenvalue weighted by atomic mass is 32.1. The van der Waals surface area contributed by atoms with Gasteiger partial charge in [0, 0.05) is 69.3 Å². The van der Waals surface area contributed by atoms with Crippen molar-refractivity contribution in [1.82, 2.24) is 0 Å². The number of rotatable bonds is 5. The monoisotopic (exact) mass is 773 g/mol. The van der Waals surface area contributed by atoms with Crippen LogP contribution in [0.25, 0.3) is 108 Å². The first-order valence-electron chi connectivity index (χ1n) is 19.8. The molecule has 4 aromatic heterocycles. The molecule has 13 aromatic rings. The summed E-state index contributed by atoms with van der Waals surface area (Å²) in [4.78, 5) is 2.29. The third-order valence-electron chi connectivity index (χ3n) is 11.9. The molecule has 0 saturated heterocycles. The third-order valence-corrected chi connectivity index (χ3v) is 13.1. The van der Waals surface area contributed by atoms with Gasteiger partial charge in [-0.2, -0.15) is 0 Å². The normalized spacial score (nSPS) is 12.1. The smallest absolute Gasteiger partial charge is 0.159 e. The minimum Gasteiger partial charge on any atom is -0.456 e. The summed E-state index contributed by atoms with van der Waals surface area (Å²) in [6.45, 7) is 0. The molecule has 0 spiro atoms. The standard InChI is InChI=1S/C54H31NO3S/c1-2-13-32(14-3-1)33-27-29-34(30-28-33)55(43-22-11-18-37-35-15-4-7-24-45(35)57-51(37)43)44-23-12-19-38-42-31-47-49(40-17-5-8-25-46(40)56-47)50(53(42)58-52(38)44)41-21-10-20-39-36-16-6-9-26-48(36)59-54(39)41/h1-31H. The molecule has 13 rings (SSSR count). The second kappa shape index (κ2) is 12.4. The lowest BCUT2D eigenvalue weighted by molar-refractivity contribution is 0.664. The molecule has 4 nitrogen and oxygen atoms in total. The minimum atomic E-state index is 0.782. The zero-order chi connectivity index (χ0) is 38.6. The summed E-state index contributed by atoms with van der Waals surface area (Å²) in [7, 11) is 0. The number of anilines is 3. The number of hydrogen-bond acceptors (Lipinski definition) is 5. The maximum atomic E-state index is 7.40. The van der Waals surface area contributed by atoms with E-state index >= 15 is 0 Å². The average Bonchev–Trinajstić information content (AvgIpc) is 4.07. The first-order valence-corrected chi connectivity index (χ1v) is 20.6. The molecule has 276 valence electrons. The Balaban J connectivity index is 1.13. The SMILES string of the molecule is c1ccc(-c2ccc(N(c3cccc4c3oc3ccccc34)c3cccc4c3oc3c(-c5cccc6c5sc5ccccc56)c5c(cc34)oc3ccccc35)cc2)cc1. The van der Waals surface area contributed by atoms with Gasteiger partial charge >= 0.3 is 0 Å². The van der Waals surface area contributed by atoms with E-state index in [4.69, 9.17) is 13.3 Å². The summed E-state index contributed by atoms with van der Waals surface area (Å²) in [6, 6.07) is 66.2. The lowest BCUT2D eigenvalue weighted by Crippen LogP contribution is -2.10. The number of thiophene rings is 1. The van der Waals surface area contributed by atoms with E-state index in [1.54, 1.807) is 0 Å². The van der Waals surface area contributed by atoms with Crippen LogP contribution < -0.4 is 4.90 Å². The van der Waals surface area contributed by atoms with Gasteiger partial charge in [0.25, 0.3) is 0 Å². The van der Waals surface area contributed by atoms with Crippen molar-refractivity contribution in [2.45, 2.75) is 0 Å². The molecule has 0 fully saturated rings. The van der Waals surface area contributed by atoms with Gasteiger partial charge in [-0.1, -0.05) is 140 Å². The van der Waals surface area contributed by atoms with E-state index in [-0.39, 0.29) is 0 Å². The van der Waals surface area contributed by atoms with Crippen molar-refractivity contribution in [3.05, 3.63) is 188 Å². The van der Waals surface area contributed by atoms with Crippen molar-refractivity contribution >= 4 is 114 Å². The van der Waals surface area contributed by atoms with Crippen molar-refractivity contribution in [3.8, 4) is 22.3 Å². The minimum absolute atomic E-state index is 0.782. The number of hydrogen-bond donors (Lipinski definition) is 0. The van der Waals surface area contributed by atoms with E-state index in [9.17, 15) is 0 Å². The topological polar surface area (TPSA) is 42.7 Å². The number of furan rings is 3. The van der Waals surface area contributed by atoms with Gasteiger partial charge in [0.05, 0.1) is 11.4 Å². The van der Waals surface area contributed by atoms with Crippen molar-refractivity contribution in [1.29, 1.82) is 0 Å².